The van der Waals surface area contributed by atoms with E-state index >= 15 is 0 Å². The Labute approximate surface area is 149 Å². The number of amides is 2. The molecular formula is C18H28ClN3O2. The summed E-state index contributed by atoms with van der Waals surface area (Å²) in [6.07, 6.45) is 4.35. The Morgan fingerprint density at radius 2 is 2.12 bits per heavy atom. The van der Waals surface area contributed by atoms with Crippen LogP contribution in [0.1, 0.15) is 32.6 Å². The maximum atomic E-state index is 12.1. The highest BCUT2D eigenvalue weighted by molar-refractivity contribution is 6.31. The molecule has 1 aromatic carbocycles. The highest BCUT2D eigenvalue weighted by Crippen LogP contribution is 2.28. The number of piperidine rings is 1. The van der Waals surface area contributed by atoms with Crippen molar-refractivity contribution in [1.29, 1.82) is 0 Å². The standard InChI is InChI=1S/C18H28ClN3O2/c1-3-12-24-17-5-4-15(19)13-16(17)21-18(23)20-9-6-14-7-10-22(2)11-8-14/h4-5,13-14H,3,6-12H2,1-2H3,(H2,20,21,23). The number of likely N-dealkylation sites (tertiary alicyclic amines) is 1. The van der Waals surface area contributed by atoms with Gasteiger partial charge in [0.25, 0.3) is 0 Å². The lowest BCUT2D eigenvalue weighted by atomic mass is 9.94. The SMILES string of the molecule is CCCOc1ccc(Cl)cc1NC(=O)NCCC1CCN(C)CC1. The van der Waals surface area contributed by atoms with E-state index in [1.165, 1.54) is 12.8 Å². The summed E-state index contributed by atoms with van der Waals surface area (Å²) in [6.45, 7) is 5.63. The Hall–Kier alpha value is -1.46. The minimum atomic E-state index is -0.216. The molecule has 1 aliphatic rings. The third-order valence-electron chi connectivity index (χ3n) is 4.33. The number of hydrogen-bond donors (Lipinski definition) is 2. The van der Waals surface area contributed by atoms with Gasteiger partial charge in [0.1, 0.15) is 5.75 Å². The first-order valence-electron chi connectivity index (χ1n) is 8.74. The van der Waals surface area contributed by atoms with Crippen LogP contribution in [0.25, 0.3) is 0 Å². The van der Waals surface area contributed by atoms with E-state index in [0.717, 1.165) is 25.9 Å². The molecule has 0 radical (unpaired) electrons. The van der Waals surface area contributed by atoms with Gasteiger partial charge in [0.05, 0.1) is 12.3 Å². The van der Waals surface area contributed by atoms with Crippen molar-refractivity contribution in [1.82, 2.24) is 10.2 Å². The van der Waals surface area contributed by atoms with E-state index in [-0.39, 0.29) is 6.03 Å². The number of carbonyl (C=O) groups excluding carboxylic acids is 1. The van der Waals surface area contributed by atoms with Crippen molar-refractivity contribution in [3.05, 3.63) is 23.2 Å². The Kier molecular flexibility index (Phi) is 7.66. The van der Waals surface area contributed by atoms with Crippen molar-refractivity contribution in [2.45, 2.75) is 32.6 Å². The fourth-order valence-corrected chi connectivity index (χ4v) is 3.02. The number of carbonyl (C=O) groups is 1. The summed E-state index contributed by atoms with van der Waals surface area (Å²) in [4.78, 5) is 14.5. The van der Waals surface area contributed by atoms with Gasteiger partial charge in [-0.05, 0) is 69.9 Å². The second-order valence-corrected chi connectivity index (χ2v) is 6.84. The van der Waals surface area contributed by atoms with Crippen LogP contribution in [0.4, 0.5) is 10.5 Å². The minimum absolute atomic E-state index is 0.216. The molecule has 0 spiro atoms. The van der Waals surface area contributed by atoms with Crippen LogP contribution < -0.4 is 15.4 Å². The molecule has 1 aromatic rings. The number of halogens is 1. The number of benzene rings is 1. The zero-order valence-corrected chi connectivity index (χ0v) is 15.4. The minimum Gasteiger partial charge on any atom is -0.491 e. The number of rotatable bonds is 7. The average molecular weight is 354 g/mol. The summed E-state index contributed by atoms with van der Waals surface area (Å²) in [7, 11) is 2.16. The van der Waals surface area contributed by atoms with E-state index in [2.05, 4.69) is 22.6 Å². The van der Waals surface area contributed by atoms with Crippen LogP contribution in [-0.2, 0) is 0 Å². The molecule has 0 aliphatic carbocycles. The van der Waals surface area contributed by atoms with Crippen molar-refractivity contribution in [3.8, 4) is 5.75 Å². The van der Waals surface area contributed by atoms with Crippen LogP contribution >= 0.6 is 11.6 Å². The Balaban J connectivity index is 1.78. The number of ether oxygens (including phenoxy) is 1. The molecule has 6 heteroatoms. The van der Waals surface area contributed by atoms with Crippen molar-refractivity contribution in [2.24, 2.45) is 5.92 Å². The van der Waals surface area contributed by atoms with E-state index in [1.807, 2.05) is 6.92 Å². The monoisotopic (exact) mass is 353 g/mol. The van der Waals surface area contributed by atoms with Crippen LogP contribution in [-0.4, -0.2) is 44.2 Å². The zero-order valence-electron chi connectivity index (χ0n) is 14.6. The molecule has 1 saturated heterocycles. The van der Waals surface area contributed by atoms with E-state index in [9.17, 15) is 4.79 Å². The molecule has 0 atom stereocenters. The van der Waals surface area contributed by atoms with Crippen molar-refractivity contribution in [3.63, 3.8) is 0 Å². The van der Waals surface area contributed by atoms with Gasteiger partial charge >= 0.3 is 6.03 Å². The number of hydrogen-bond acceptors (Lipinski definition) is 3. The van der Waals surface area contributed by atoms with Gasteiger partial charge in [0.2, 0.25) is 0 Å². The van der Waals surface area contributed by atoms with Gasteiger partial charge in [-0.3, -0.25) is 0 Å². The summed E-state index contributed by atoms with van der Waals surface area (Å²) >= 11 is 6.02. The predicted molar refractivity (Wildman–Crippen MR) is 99.1 cm³/mol. The smallest absolute Gasteiger partial charge is 0.319 e. The predicted octanol–water partition coefficient (Wildman–Crippen LogP) is 3.98. The first-order chi connectivity index (χ1) is 11.6. The highest BCUT2D eigenvalue weighted by Gasteiger charge is 2.16. The lowest BCUT2D eigenvalue weighted by Crippen LogP contribution is -2.34. The first-order valence-corrected chi connectivity index (χ1v) is 9.12. The summed E-state index contributed by atoms with van der Waals surface area (Å²) in [5, 5.41) is 6.34. The number of urea groups is 1. The number of nitrogens with zero attached hydrogens (tertiary/aromatic N) is 1. The fraction of sp³-hybridized carbons (Fsp3) is 0.611. The molecule has 2 rings (SSSR count). The van der Waals surface area contributed by atoms with E-state index in [4.69, 9.17) is 16.3 Å². The molecule has 1 fully saturated rings. The van der Waals surface area contributed by atoms with E-state index in [1.54, 1.807) is 18.2 Å². The van der Waals surface area contributed by atoms with Gasteiger partial charge in [-0.1, -0.05) is 18.5 Å². The maximum absolute atomic E-state index is 12.1. The summed E-state index contributed by atoms with van der Waals surface area (Å²) in [5.74, 6) is 1.35. The summed E-state index contributed by atoms with van der Waals surface area (Å²) < 4.78 is 5.65. The van der Waals surface area contributed by atoms with Crippen LogP contribution in [0.2, 0.25) is 5.02 Å². The van der Waals surface area contributed by atoms with Crippen LogP contribution in [0.5, 0.6) is 5.75 Å². The first kappa shape index (κ1) is 18.9. The Morgan fingerprint density at radius 3 is 2.83 bits per heavy atom. The van der Waals surface area contributed by atoms with Crippen molar-refractivity contribution in [2.75, 3.05) is 38.6 Å². The second-order valence-electron chi connectivity index (χ2n) is 6.41. The third-order valence-corrected chi connectivity index (χ3v) is 4.56. The van der Waals surface area contributed by atoms with Gasteiger partial charge in [-0.25, -0.2) is 4.79 Å². The van der Waals surface area contributed by atoms with E-state index in [0.29, 0.717) is 35.5 Å². The topological polar surface area (TPSA) is 53.6 Å². The van der Waals surface area contributed by atoms with Gasteiger partial charge in [0, 0.05) is 11.6 Å². The molecule has 0 aromatic heterocycles. The zero-order chi connectivity index (χ0) is 17.4. The molecule has 2 amide bonds. The molecule has 1 aliphatic heterocycles. The maximum Gasteiger partial charge on any atom is 0.319 e. The van der Waals surface area contributed by atoms with Crippen molar-refractivity contribution >= 4 is 23.3 Å². The number of nitrogens with one attached hydrogen (secondary N) is 2. The van der Waals surface area contributed by atoms with Gasteiger partial charge in [-0.15, -0.1) is 0 Å². The number of anilines is 1. The van der Waals surface area contributed by atoms with E-state index < -0.39 is 0 Å². The molecule has 0 unspecified atom stereocenters. The molecule has 134 valence electrons. The molecule has 1 heterocycles. The lowest BCUT2D eigenvalue weighted by Gasteiger charge is -2.28. The quantitative estimate of drug-likeness (QED) is 0.779. The van der Waals surface area contributed by atoms with Gasteiger partial charge in [0.15, 0.2) is 0 Å². The molecule has 5 nitrogen and oxygen atoms in total. The van der Waals surface area contributed by atoms with Crippen LogP contribution in [0.3, 0.4) is 0 Å². The van der Waals surface area contributed by atoms with Crippen LogP contribution in [0.15, 0.2) is 18.2 Å². The summed E-state index contributed by atoms with van der Waals surface area (Å²) in [5.41, 5.74) is 0.604. The largest absolute Gasteiger partial charge is 0.491 e. The highest BCUT2D eigenvalue weighted by atomic mass is 35.5. The van der Waals surface area contributed by atoms with Gasteiger partial charge in [-0.2, -0.15) is 0 Å². The van der Waals surface area contributed by atoms with Crippen LogP contribution in [0, 0.1) is 5.92 Å². The Bertz CT molecular complexity index is 531. The second kappa shape index (κ2) is 9.74. The molecule has 2 N–H and O–H groups in total. The fourth-order valence-electron chi connectivity index (χ4n) is 2.84. The molecular weight excluding hydrogens is 326 g/mol. The average Bonchev–Trinajstić information content (AvgIpc) is 2.56. The normalized spacial score (nSPS) is 16.0. The summed E-state index contributed by atoms with van der Waals surface area (Å²) in [6, 6.07) is 5.04. The lowest BCUT2D eigenvalue weighted by molar-refractivity contribution is 0.211. The molecule has 0 bridgehead atoms. The van der Waals surface area contributed by atoms with Crippen molar-refractivity contribution < 1.29 is 9.53 Å². The Morgan fingerprint density at radius 1 is 1.38 bits per heavy atom. The molecule has 24 heavy (non-hydrogen) atoms. The molecule has 0 saturated carbocycles. The van der Waals surface area contributed by atoms with Gasteiger partial charge < -0.3 is 20.3 Å². The third kappa shape index (κ3) is 6.21.